The number of benzene rings is 1. The molecule has 0 aliphatic carbocycles. The van der Waals surface area contributed by atoms with Gasteiger partial charge in [0.05, 0.1) is 15.0 Å². The molecular formula is C15H16Cl3N5O3. The molecule has 2 aromatic rings. The molecule has 3 rings (SSSR count). The Balaban J connectivity index is 0.00000243. The zero-order valence-electron chi connectivity index (χ0n) is 13.5. The maximum Gasteiger partial charge on any atom is 0.274 e. The lowest BCUT2D eigenvalue weighted by atomic mass is 10.1. The van der Waals surface area contributed by atoms with Crippen LogP contribution in [-0.4, -0.2) is 45.1 Å². The van der Waals surface area contributed by atoms with Gasteiger partial charge in [0.1, 0.15) is 5.69 Å². The highest BCUT2D eigenvalue weighted by atomic mass is 35.5. The zero-order chi connectivity index (χ0) is 18.1. The van der Waals surface area contributed by atoms with Crippen LogP contribution in [0.25, 0.3) is 5.69 Å². The highest BCUT2D eigenvalue weighted by Gasteiger charge is 2.27. The van der Waals surface area contributed by atoms with Crippen molar-refractivity contribution in [3.8, 4) is 5.69 Å². The third kappa shape index (κ3) is 3.93. The fraction of sp³-hybridized carbons (Fsp3) is 0.333. The number of nitrogens with two attached hydrogens (primary N) is 1. The van der Waals surface area contributed by atoms with Crippen LogP contribution >= 0.6 is 35.6 Å². The molecule has 2 N–H and O–H groups in total. The Bertz CT molecular complexity index is 819. The van der Waals surface area contributed by atoms with Gasteiger partial charge in [-0.3, -0.25) is 14.9 Å². The van der Waals surface area contributed by atoms with Crippen LogP contribution in [-0.2, 0) is 0 Å². The van der Waals surface area contributed by atoms with Crippen molar-refractivity contribution < 1.29 is 9.72 Å². The maximum absolute atomic E-state index is 12.5. The minimum atomic E-state index is -0.583. The number of halogens is 3. The summed E-state index contributed by atoms with van der Waals surface area (Å²) < 4.78 is 1.35. The summed E-state index contributed by atoms with van der Waals surface area (Å²) in [7, 11) is 0. The average molecular weight is 421 g/mol. The Labute approximate surface area is 165 Å². The lowest BCUT2D eigenvalue weighted by Gasteiger charge is -2.14. The number of hydrogen-bond acceptors (Lipinski definition) is 5. The monoisotopic (exact) mass is 419 g/mol. The van der Waals surface area contributed by atoms with Gasteiger partial charge in [-0.1, -0.05) is 23.2 Å². The third-order valence-electron chi connectivity index (χ3n) is 4.16. The molecule has 1 aromatic carbocycles. The van der Waals surface area contributed by atoms with E-state index in [-0.39, 0.29) is 45.4 Å². The zero-order valence-corrected chi connectivity index (χ0v) is 15.8. The van der Waals surface area contributed by atoms with Crippen molar-refractivity contribution in [1.82, 2.24) is 14.7 Å². The van der Waals surface area contributed by atoms with Gasteiger partial charge in [0.15, 0.2) is 5.69 Å². The average Bonchev–Trinajstić information content (AvgIpc) is 3.23. The van der Waals surface area contributed by atoms with Crippen LogP contribution < -0.4 is 5.73 Å². The minimum absolute atomic E-state index is 0. The molecule has 1 aliphatic heterocycles. The van der Waals surface area contributed by atoms with Crippen LogP contribution in [0.5, 0.6) is 0 Å². The number of nitrogens with zero attached hydrogens (tertiary/aromatic N) is 4. The molecular weight excluding hydrogens is 405 g/mol. The second-order valence-electron chi connectivity index (χ2n) is 5.80. The summed E-state index contributed by atoms with van der Waals surface area (Å²) in [6.45, 7) is 1.81. The molecule has 1 aromatic heterocycles. The standard InChI is InChI=1S/C15H15Cl2N5O3.ClH/c16-11-5-10(22(24)25)6-12(17)14(11)21-4-2-13(19-21)15(23)20-3-1-9(7-18)8-20;/h2,4-6,9H,1,3,7-8,18H2;1H. The molecule has 0 spiro atoms. The largest absolute Gasteiger partial charge is 0.337 e. The van der Waals surface area contributed by atoms with Crippen molar-refractivity contribution in [3.05, 3.63) is 50.2 Å². The van der Waals surface area contributed by atoms with Gasteiger partial charge >= 0.3 is 0 Å². The van der Waals surface area contributed by atoms with Gasteiger partial charge in [0, 0.05) is 31.4 Å². The summed E-state index contributed by atoms with van der Waals surface area (Å²) in [6, 6.07) is 3.95. The summed E-state index contributed by atoms with van der Waals surface area (Å²) in [4.78, 5) is 24.5. The first kappa shape index (κ1) is 20.4. The van der Waals surface area contributed by atoms with Gasteiger partial charge in [-0.25, -0.2) is 4.68 Å². The summed E-state index contributed by atoms with van der Waals surface area (Å²) in [5.74, 6) is 0.119. The highest BCUT2D eigenvalue weighted by Crippen LogP contribution is 2.33. The first-order chi connectivity index (χ1) is 11.9. The van der Waals surface area contributed by atoms with Gasteiger partial charge in [0.2, 0.25) is 0 Å². The van der Waals surface area contributed by atoms with Gasteiger partial charge in [0.25, 0.3) is 11.6 Å². The normalized spacial score (nSPS) is 16.4. The van der Waals surface area contributed by atoms with Crippen LogP contribution in [0.4, 0.5) is 5.69 Å². The van der Waals surface area contributed by atoms with Gasteiger partial charge < -0.3 is 10.6 Å². The number of hydrogen-bond donors (Lipinski definition) is 1. The van der Waals surface area contributed by atoms with Crippen LogP contribution in [0, 0.1) is 16.0 Å². The van der Waals surface area contributed by atoms with E-state index in [1.807, 2.05) is 0 Å². The van der Waals surface area contributed by atoms with Crippen molar-refractivity contribution in [2.24, 2.45) is 11.7 Å². The Morgan fingerprint density at radius 2 is 2.04 bits per heavy atom. The fourth-order valence-electron chi connectivity index (χ4n) is 2.81. The van der Waals surface area contributed by atoms with Crippen molar-refractivity contribution in [3.63, 3.8) is 0 Å². The molecule has 1 unspecified atom stereocenters. The summed E-state index contributed by atoms with van der Waals surface area (Å²) in [5, 5.41) is 15.2. The van der Waals surface area contributed by atoms with Gasteiger partial charge in [-0.05, 0) is 24.9 Å². The molecule has 26 heavy (non-hydrogen) atoms. The van der Waals surface area contributed by atoms with E-state index in [4.69, 9.17) is 28.9 Å². The molecule has 140 valence electrons. The van der Waals surface area contributed by atoms with E-state index in [1.165, 1.54) is 16.8 Å². The van der Waals surface area contributed by atoms with Gasteiger partial charge in [-0.2, -0.15) is 5.10 Å². The van der Waals surface area contributed by atoms with E-state index >= 15 is 0 Å². The number of carbonyl (C=O) groups excluding carboxylic acids is 1. The predicted octanol–water partition coefficient (Wildman–Crippen LogP) is 2.93. The lowest BCUT2D eigenvalue weighted by Crippen LogP contribution is -2.30. The molecule has 1 fully saturated rings. The smallest absolute Gasteiger partial charge is 0.274 e. The van der Waals surface area contributed by atoms with Crippen molar-refractivity contribution in [2.45, 2.75) is 6.42 Å². The van der Waals surface area contributed by atoms with Crippen molar-refractivity contribution in [2.75, 3.05) is 19.6 Å². The van der Waals surface area contributed by atoms with E-state index < -0.39 is 4.92 Å². The lowest BCUT2D eigenvalue weighted by molar-refractivity contribution is -0.384. The predicted molar refractivity (Wildman–Crippen MR) is 101 cm³/mol. The molecule has 1 saturated heterocycles. The molecule has 2 heterocycles. The van der Waals surface area contributed by atoms with E-state index in [1.54, 1.807) is 17.2 Å². The third-order valence-corrected chi connectivity index (χ3v) is 4.73. The number of amides is 1. The molecule has 1 amide bonds. The Kier molecular flexibility index (Phi) is 6.46. The molecule has 8 nitrogen and oxygen atoms in total. The summed E-state index contributed by atoms with van der Waals surface area (Å²) in [5.41, 5.74) is 5.97. The Morgan fingerprint density at radius 3 is 2.58 bits per heavy atom. The van der Waals surface area contributed by atoms with Crippen LogP contribution in [0.2, 0.25) is 10.0 Å². The Morgan fingerprint density at radius 1 is 1.38 bits per heavy atom. The molecule has 0 saturated carbocycles. The number of carbonyl (C=O) groups is 1. The second kappa shape index (κ2) is 8.22. The molecule has 0 radical (unpaired) electrons. The number of likely N-dealkylation sites (tertiary alicyclic amines) is 1. The summed E-state index contributed by atoms with van der Waals surface area (Å²) >= 11 is 12.2. The summed E-state index contributed by atoms with van der Waals surface area (Å²) in [6.07, 6.45) is 2.42. The van der Waals surface area contributed by atoms with E-state index in [9.17, 15) is 14.9 Å². The first-order valence-corrected chi connectivity index (χ1v) is 8.35. The molecule has 1 aliphatic rings. The van der Waals surface area contributed by atoms with Crippen molar-refractivity contribution in [1.29, 1.82) is 0 Å². The highest BCUT2D eigenvalue weighted by molar-refractivity contribution is 6.38. The second-order valence-corrected chi connectivity index (χ2v) is 6.62. The topological polar surface area (TPSA) is 107 Å². The van der Waals surface area contributed by atoms with Crippen LogP contribution in [0.3, 0.4) is 0 Å². The fourth-order valence-corrected chi connectivity index (χ4v) is 3.46. The van der Waals surface area contributed by atoms with Gasteiger partial charge in [-0.15, -0.1) is 12.4 Å². The number of nitro groups is 1. The molecule has 11 heteroatoms. The molecule has 1 atom stereocenters. The minimum Gasteiger partial charge on any atom is -0.337 e. The number of nitro benzene ring substituents is 1. The van der Waals surface area contributed by atoms with E-state index in [2.05, 4.69) is 5.10 Å². The SMILES string of the molecule is Cl.NCC1CCN(C(=O)c2ccn(-c3c(Cl)cc([N+](=O)[O-])cc3Cl)n2)C1. The quantitative estimate of drug-likeness (QED) is 0.604. The Hall–Kier alpha value is -1.87. The van der Waals surface area contributed by atoms with Crippen molar-refractivity contribution >= 4 is 47.2 Å². The van der Waals surface area contributed by atoms with Crippen LogP contribution in [0.15, 0.2) is 24.4 Å². The molecule has 0 bridgehead atoms. The van der Waals surface area contributed by atoms with E-state index in [0.717, 1.165) is 6.42 Å². The maximum atomic E-state index is 12.5. The first-order valence-electron chi connectivity index (χ1n) is 7.59. The number of rotatable bonds is 4. The number of aromatic nitrogens is 2. The van der Waals surface area contributed by atoms with E-state index in [0.29, 0.717) is 25.6 Å². The van der Waals surface area contributed by atoms with Crippen LogP contribution in [0.1, 0.15) is 16.9 Å². The number of non-ortho nitro benzene ring substituents is 1.